The maximum atomic E-state index is 13.9. The molecule has 1 saturated carbocycles. The van der Waals surface area contributed by atoms with Gasteiger partial charge in [-0.1, -0.05) is 64.3 Å². The van der Waals surface area contributed by atoms with E-state index in [-0.39, 0.29) is 23.0 Å². The number of ether oxygens (including phenoxy) is 1. The van der Waals surface area contributed by atoms with Gasteiger partial charge in [0.2, 0.25) is 5.91 Å². The lowest BCUT2D eigenvalue weighted by Crippen LogP contribution is -2.53. The number of rotatable bonds is 11. The number of anilines is 1. The van der Waals surface area contributed by atoms with Crippen LogP contribution in [-0.2, 0) is 37.2 Å². The second-order valence-electron chi connectivity index (χ2n) is 14.9. The molecule has 3 saturated heterocycles. The molecular weight excluding hydrogens is 566 g/mol. The van der Waals surface area contributed by atoms with Crippen LogP contribution in [0.4, 0.5) is 5.69 Å². The molecule has 6 rings (SSSR count). The second-order valence-corrected chi connectivity index (χ2v) is 19.7. The van der Waals surface area contributed by atoms with Gasteiger partial charge in [-0.25, -0.2) is 0 Å². The third-order valence-electron chi connectivity index (χ3n) is 10.8. The molecule has 1 amide bonds. The zero-order chi connectivity index (χ0) is 31.4. The number of pyridine rings is 1. The summed E-state index contributed by atoms with van der Waals surface area (Å²) >= 11 is 0. The van der Waals surface area contributed by atoms with Crippen molar-refractivity contribution in [2.75, 3.05) is 25.0 Å². The van der Waals surface area contributed by atoms with Crippen molar-refractivity contribution >= 4 is 25.9 Å². The monoisotopic (exact) mass is 619 g/mol. The first-order valence-electron chi connectivity index (χ1n) is 16.9. The number of piperidine rings is 3. The molecule has 240 valence electrons. The Kier molecular flexibility index (Phi) is 10.3. The van der Waals surface area contributed by atoms with Crippen LogP contribution in [-0.4, -0.2) is 55.8 Å². The molecule has 8 heteroatoms. The molecule has 4 aliphatic rings. The largest absolute Gasteiger partial charge is 0.460 e. The van der Waals surface area contributed by atoms with E-state index in [0.717, 1.165) is 82.3 Å². The fraction of sp³-hybridized carbons (Fsp3) is 0.639. The van der Waals surface area contributed by atoms with Crippen molar-refractivity contribution in [1.29, 1.82) is 0 Å². The minimum atomic E-state index is -1.84. The molecule has 3 aliphatic heterocycles. The highest BCUT2D eigenvalue weighted by atomic mass is 28.4. The topological polar surface area (TPSA) is 80.8 Å². The molecule has 1 atom stereocenters. The minimum Gasteiger partial charge on any atom is -0.460 e. The van der Waals surface area contributed by atoms with E-state index in [4.69, 9.17) is 9.16 Å². The van der Waals surface area contributed by atoms with Crippen LogP contribution in [0.5, 0.6) is 0 Å². The van der Waals surface area contributed by atoms with Gasteiger partial charge in [-0.2, -0.15) is 0 Å². The van der Waals surface area contributed by atoms with E-state index in [2.05, 4.69) is 73.3 Å². The van der Waals surface area contributed by atoms with Gasteiger partial charge in [0.25, 0.3) is 0 Å². The van der Waals surface area contributed by atoms with E-state index in [1.807, 2.05) is 12.1 Å². The Morgan fingerprint density at radius 3 is 2.45 bits per heavy atom. The van der Waals surface area contributed by atoms with Crippen LogP contribution in [0.25, 0.3) is 0 Å². The van der Waals surface area contributed by atoms with Crippen LogP contribution >= 0.6 is 0 Å². The summed E-state index contributed by atoms with van der Waals surface area (Å²) in [7, 11) is -1.84. The molecule has 2 bridgehead atoms. The van der Waals surface area contributed by atoms with Crippen molar-refractivity contribution in [1.82, 2.24) is 9.88 Å². The normalized spacial score (nSPS) is 23.2. The fourth-order valence-corrected chi connectivity index (χ4v) is 7.76. The highest BCUT2D eigenvalue weighted by Crippen LogP contribution is 2.42. The Morgan fingerprint density at radius 1 is 1.07 bits per heavy atom. The number of aryl methyl sites for hydroxylation is 1. The van der Waals surface area contributed by atoms with Crippen molar-refractivity contribution in [3.8, 4) is 0 Å². The number of benzene rings is 1. The third-order valence-corrected chi connectivity index (χ3v) is 15.3. The molecule has 0 unspecified atom stereocenters. The number of carbonyl (C=O) groups is 2. The first-order chi connectivity index (χ1) is 20.9. The molecule has 1 aliphatic carbocycles. The lowest BCUT2D eigenvalue weighted by molar-refractivity contribution is -0.167. The standard InChI is InChI=1S/C36H53N3O4Si/c1-35(2,3)44(4,5)42-26-31-16-15-30(24-37-31)38-33(40)14-10-12-27-11-9-13-29(23-27)36(19-7-6-8-20-36)34(41)43-32-25-39-21-17-28(32)18-22-39/h9,11,13,15-16,23-24,28,32H,6-8,10,12,14,17-22,25-26H2,1-5H3,(H,38,40)/t32-/m0/s1. The molecule has 0 spiro atoms. The SMILES string of the molecule is CC(C)(C)[Si](C)(C)OCc1ccc(NC(=O)CCCc2cccc(C3(C(=O)O[C@H]4CN5CCC4CC5)CCCCC3)c2)cn1. The van der Waals surface area contributed by atoms with Crippen LogP contribution in [0, 0.1) is 5.92 Å². The quantitative estimate of drug-likeness (QED) is 0.209. The Balaban J connectivity index is 1.13. The van der Waals surface area contributed by atoms with Gasteiger partial charge in [-0.3, -0.25) is 19.5 Å². The van der Waals surface area contributed by atoms with Gasteiger partial charge in [-0.05, 0) is 98.9 Å². The molecule has 4 fully saturated rings. The number of hydrogen-bond acceptors (Lipinski definition) is 6. The van der Waals surface area contributed by atoms with E-state index in [1.54, 1.807) is 6.20 Å². The summed E-state index contributed by atoms with van der Waals surface area (Å²) in [5.74, 6) is 0.480. The molecule has 0 radical (unpaired) electrons. The van der Waals surface area contributed by atoms with Crippen LogP contribution in [0.1, 0.15) is 95.4 Å². The first kappa shape index (κ1) is 32.8. The summed E-state index contributed by atoms with van der Waals surface area (Å²) in [5, 5.41) is 3.14. The Bertz CT molecular complexity index is 1280. The predicted octanol–water partition coefficient (Wildman–Crippen LogP) is 7.40. The zero-order valence-electron chi connectivity index (χ0n) is 27.6. The Morgan fingerprint density at radius 2 is 1.82 bits per heavy atom. The summed E-state index contributed by atoms with van der Waals surface area (Å²) in [6.07, 6.45) is 11.0. The Labute approximate surface area is 265 Å². The maximum Gasteiger partial charge on any atom is 0.316 e. The molecule has 1 aromatic carbocycles. The van der Waals surface area contributed by atoms with Gasteiger partial charge in [0.1, 0.15) is 6.10 Å². The van der Waals surface area contributed by atoms with E-state index in [0.29, 0.717) is 24.6 Å². The number of esters is 1. The van der Waals surface area contributed by atoms with E-state index in [9.17, 15) is 9.59 Å². The molecule has 1 aromatic heterocycles. The first-order valence-corrected chi connectivity index (χ1v) is 19.8. The van der Waals surface area contributed by atoms with Crippen molar-refractivity contribution in [2.45, 2.75) is 121 Å². The molecule has 1 N–H and O–H groups in total. The highest BCUT2D eigenvalue weighted by molar-refractivity contribution is 6.74. The number of fused-ring (bicyclic) bond motifs is 3. The van der Waals surface area contributed by atoms with Gasteiger partial charge < -0.3 is 14.5 Å². The van der Waals surface area contributed by atoms with Gasteiger partial charge in [-0.15, -0.1) is 0 Å². The van der Waals surface area contributed by atoms with Crippen molar-refractivity contribution < 1.29 is 18.8 Å². The lowest BCUT2D eigenvalue weighted by Gasteiger charge is -2.45. The lowest BCUT2D eigenvalue weighted by atomic mass is 9.69. The maximum absolute atomic E-state index is 13.9. The zero-order valence-corrected chi connectivity index (χ0v) is 28.6. The molecular formula is C36H53N3O4Si. The van der Waals surface area contributed by atoms with Crippen LogP contribution in [0.15, 0.2) is 42.6 Å². The Hall–Kier alpha value is -2.55. The number of carbonyl (C=O) groups excluding carboxylic acids is 2. The summed E-state index contributed by atoms with van der Waals surface area (Å²) in [6, 6.07) is 12.3. The van der Waals surface area contributed by atoms with Crippen LogP contribution in [0.2, 0.25) is 18.1 Å². The molecule has 2 aromatic rings. The second kappa shape index (κ2) is 13.8. The van der Waals surface area contributed by atoms with E-state index < -0.39 is 13.7 Å². The number of nitrogens with zero attached hydrogens (tertiary/aromatic N) is 2. The van der Waals surface area contributed by atoms with E-state index >= 15 is 0 Å². The van der Waals surface area contributed by atoms with Crippen molar-refractivity contribution in [2.24, 2.45) is 5.92 Å². The van der Waals surface area contributed by atoms with E-state index in [1.165, 1.54) is 12.0 Å². The molecule has 4 heterocycles. The van der Waals surface area contributed by atoms with Crippen LogP contribution in [0.3, 0.4) is 0 Å². The van der Waals surface area contributed by atoms with Gasteiger partial charge in [0, 0.05) is 13.0 Å². The van der Waals surface area contributed by atoms with Gasteiger partial charge in [0.15, 0.2) is 8.32 Å². The van der Waals surface area contributed by atoms with Gasteiger partial charge in [0.05, 0.1) is 29.6 Å². The molecule has 7 nitrogen and oxygen atoms in total. The smallest absolute Gasteiger partial charge is 0.316 e. The average molecular weight is 620 g/mol. The van der Waals surface area contributed by atoms with Crippen molar-refractivity contribution in [3.63, 3.8) is 0 Å². The number of amides is 1. The molecule has 44 heavy (non-hydrogen) atoms. The summed E-state index contributed by atoms with van der Waals surface area (Å²) in [5.41, 5.74) is 3.29. The number of hydrogen-bond donors (Lipinski definition) is 1. The van der Waals surface area contributed by atoms with Crippen molar-refractivity contribution in [3.05, 3.63) is 59.4 Å². The number of nitrogens with one attached hydrogen (secondary N) is 1. The minimum absolute atomic E-state index is 0.0151. The summed E-state index contributed by atoms with van der Waals surface area (Å²) < 4.78 is 12.6. The average Bonchev–Trinajstić information content (AvgIpc) is 3.01. The third kappa shape index (κ3) is 7.80. The fourth-order valence-electron chi connectivity index (χ4n) is 6.82. The summed E-state index contributed by atoms with van der Waals surface area (Å²) in [4.78, 5) is 33.6. The number of aromatic nitrogens is 1. The highest BCUT2D eigenvalue weighted by Gasteiger charge is 2.46. The summed E-state index contributed by atoms with van der Waals surface area (Å²) in [6.45, 7) is 14.8. The van der Waals surface area contributed by atoms with Crippen LogP contribution < -0.4 is 5.32 Å². The van der Waals surface area contributed by atoms with Gasteiger partial charge >= 0.3 is 5.97 Å². The predicted molar refractivity (Wildman–Crippen MR) is 178 cm³/mol.